The summed E-state index contributed by atoms with van der Waals surface area (Å²) >= 11 is 5.83. The molecule has 14 heteroatoms. The molecule has 0 unspecified atom stereocenters. The molecule has 6 rings (SSSR count). The Bertz CT molecular complexity index is 1480. The zero-order valence-electron chi connectivity index (χ0n) is 26.5. The number of amides is 2. The maximum absolute atomic E-state index is 14.7. The summed E-state index contributed by atoms with van der Waals surface area (Å²) in [6.45, 7) is 1.89. The molecule has 4 aliphatic rings. The number of carbonyl (C=O) groups is 2. The van der Waals surface area contributed by atoms with Crippen molar-refractivity contribution in [2.75, 3.05) is 47.0 Å². The fourth-order valence-corrected chi connectivity index (χ4v) is 8.14. The zero-order chi connectivity index (χ0) is 33.3. The molecule has 1 aromatic heterocycles. The Labute approximate surface area is 277 Å². The van der Waals surface area contributed by atoms with E-state index in [4.69, 9.17) is 26.4 Å². The van der Waals surface area contributed by atoms with Crippen LogP contribution in [-0.2, 0) is 44.8 Å². The first kappa shape index (κ1) is 33.4. The highest BCUT2D eigenvalue weighted by molar-refractivity contribution is 7.80. The van der Waals surface area contributed by atoms with Gasteiger partial charge in [0.2, 0.25) is 5.91 Å². The van der Waals surface area contributed by atoms with E-state index >= 15 is 0 Å². The van der Waals surface area contributed by atoms with Gasteiger partial charge < -0.3 is 34.2 Å². The average molecular weight is 676 g/mol. The Kier molecular flexibility index (Phi) is 9.64. The first-order valence-corrected chi connectivity index (χ1v) is 16.4. The van der Waals surface area contributed by atoms with Gasteiger partial charge in [0.15, 0.2) is 5.11 Å². The van der Waals surface area contributed by atoms with Crippen molar-refractivity contribution in [1.29, 1.82) is 0 Å². The summed E-state index contributed by atoms with van der Waals surface area (Å²) < 4.78 is 57.8. The number of alkyl halides is 3. The van der Waals surface area contributed by atoms with Crippen LogP contribution in [0.15, 0.2) is 42.6 Å². The minimum absolute atomic E-state index is 0.0209. The summed E-state index contributed by atoms with van der Waals surface area (Å²) in [5.74, 6) is -0.384. The lowest BCUT2D eigenvalue weighted by molar-refractivity contribution is -0.144. The second-order valence-electron chi connectivity index (χ2n) is 12.8. The molecular formula is C33H40F3N5O5S. The van der Waals surface area contributed by atoms with Crippen molar-refractivity contribution in [1.82, 2.24) is 25.0 Å². The monoisotopic (exact) mass is 675 g/mol. The van der Waals surface area contributed by atoms with Gasteiger partial charge in [-0.05, 0) is 54.6 Å². The smallest absolute Gasteiger partial charge is 0.417 e. The van der Waals surface area contributed by atoms with Crippen LogP contribution in [0.1, 0.15) is 41.6 Å². The number of aromatic nitrogens is 1. The van der Waals surface area contributed by atoms with E-state index in [-0.39, 0.29) is 49.7 Å². The predicted octanol–water partition coefficient (Wildman–Crippen LogP) is 4.01. The van der Waals surface area contributed by atoms with E-state index in [0.717, 1.165) is 17.8 Å². The second-order valence-corrected chi connectivity index (χ2v) is 13.2. The molecule has 5 atom stereocenters. The SMILES string of the molecule is CNC(=S)N([C@@H]1C[C@H]2CN(C(=O)OCc3ccccc3)C[C@@]2(C(=O)N2CCc3ncc(C(F)(F)F)cc3C2)C1)[C@H]1CCOC[C@H]1OC. The number of carbonyl (C=O) groups excluding carboxylic acids is 2. The zero-order valence-corrected chi connectivity index (χ0v) is 27.3. The van der Waals surface area contributed by atoms with Crippen LogP contribution >= 0.6 is 12.2 Å². The Morgan fingerprint density at radius 1 is 1.23 bits per heavy atom. The molecule has 47 heavy (non-hydrogen) atoms. The fraction of sp³-hybridized carbons (Fsp3) is 0.576. The lowest BCUT2D eigenvalue weighted by atomic mass is 9.78. The van der Waals surface area contributed by atoms with Gasteiger partial charge in [-0.2, -0.15) is 13.2 Å². The number of thiocarbonyl (C=S) groups is 1. The highest BCUT2D eigenvalue weighted by atomic mass is 32.1. The van der Waals surface area contributed by atoms with Crippen LogP contribution in [0.2, 0.25) is 0 Å². The van der Waals surface area contributed by atoms with Gasteiger partial charge in [0.1, 0.15) is 12.7 Å². The van der Waals surface area contributed by atoms with Crippen molar-refractivity contribution in [2.24, 2.45) is 11.3 Å². The van der Waals surface area contributed by atoms with E-state index in [1.165, 1.54) is 0 Å². The number of likely N-dealkylation sites (tertiary alicyclic amines) is 1. The van der Waals surface area contributed by atoms with Crippen LogP contribution in [0.25, 0.3) is 0 Å². The van der Waals surface area contributed by atoms with Crippen LogP contribution in [0.4, 0.5) is 18.0 Å². The molecule has 1 aromatic carbocycles. The predicted molar refractivity (Wildman–Crippen MR) is 169 cm³/mol. The number of fused-ring (bicyclic) bond motifs is 2. The quantitative estimate of drug-likeness (QED) is 0.456. The molecule has 10 nitrogen and oxygen atoms in total. The summed E-state index contributed by atoms with van der Waals surface area (Å²) in [6, 6.07) is 10.3. The number of halogens is 3. The summed E-state index contributed by atoms with van der Waals surface area (Å²) in [6.07, 6.45) is -2.36. The van der Waals surface area contributed by atoms with Crippen molar-refractivity contribution in [2.45, 2.75) is 63.2 Å². The van der Waals surface area contributed by atoms with Crippen LogP contribution in [0.3, 0.4) is 0 Å². The molecule has 2 amide bonds. The van der Waals surface area contributed by atoms with Gasteiger partial charge in [0.25, 0.3) is 0 Å². The third-order valence-electron chi connectivity index (χ3n) is 10.2. The Balaban J connectivity index is 1.28. The number of nitrogens with zero attached hydrogens (tertiary/aromatic N) is 4. The maximum Gasteiger partial charge on any atom is 0.417 e. The third kappa shape index (κ3) is 6.64. The Morgan fingerprint density at radius 2 is 2.02 bits per heavy atom. The number of hydrogen-bond donors (Lipinski definition) is 1. The number of pyridine rings is 1. The topological polar surface area (TPSA) is 96.5 Å². The van der Waals surface area contributed by atoms with Crippen molar-refractivity contribution < 1.29 is 37.0 Å². The molecule has 4 heterocycles. The van der Waals surface area contributed by atoms with Gasteiger partial charge in [0.05, 0.1) is 23.6 Å². The van der Waals surface area contributed by atoms with Crippen LogP contribution in [-0.4, -0.2) is 102 Å². The fourth-order valence-electron chi connectivity index (χ4n) is 7.86. The molecular weight excluding hydrogens is 635 g/mol. The van der Waals surface area contributed by atoms with E-state index in [2.05, 4.69) is 15.2 Å². The standard InChI is InChI=1S/C33H40F3N5O5S/c1-37-30(47)41(27-9-11-45-19-28(27)44-2)25-13-24-17-40(31(43)46-18-21-6-4-3-5-7-21)20-32(24,14-25)29(42)39-10-8-26-22(16-39)12-23(15-38-26)33(34,35)36/h3-7,12,15,24-25,27-28H,8-11,13-14,16-20H2,1-2H3,(H,37,47)/t24-,25+,27-,28+,32-/m0/s1. The first-order chi connectivity index (χ1) is 22.5. The summed E-state index contributed by atoms with van der Waals surface area (Å²) in [7, 11) is 3.42. The van der Waals surface area contributed by atoms with Gasteiger partial charge >= 0.3 is 12.3 Å². The average Bonchev–Trinajstić information content (AvgIpc) is 3.62. The Morgan fingerprint density at radius 3 is 2.74 bits per heavy atom. The minimum atomic E-state index is -4.54. The summed E-state index contributed by atoms with van der Waals surface area (Å²) in [5, 5.41) is 3.67. The molecule has 3 fully saturated rings. The highest BCUT2D eigenvalue weighted by Crippen LogP contribution is 2.52. The number of rotatable bonds is 6. The number of hydrogen-bond acceptors (Lipinski definition) is 7. The Hall–Kier alpha value is -3.49. The molecule has 254 valence electrons. The van der Waals surface area contributed by atoms with Gasteiger partial charge in [-0.25, -0.2) is 4.79 Å². The molecule has 1 saturated carbocycles. The lowest BCUT2D eigenvalue weighted by Crippen LogP contribution is -2.58. The van der Waals surface area contributed by atoms with Gasteiger partial charge in [-0.1, -0.05) is 30.3 Å². The van der Waals surface area contributed by atoms with Gasteiger partial charge in [-0.15, -0.1) is 0 Å². The lowest BCUT2D eigenvalue weighted by Gasteiger charge is -2.44. The van der Waals surface area contributed by atoms with E-state index in [1.807, 2.05) is 30.3 Å². The number of benzene rings is 1. The second kappa shape index (κ2) is 13.6. The molecule has 0 radical (unpaired) electrons. The van der Waals surface area contributed by atoms with Crippen LogP contribution < -0.4 is 5.32 Å². The molecule has 1 aliphatic carbocycles. The van der Waals surface area contributed by atoms with E-state index in [1.54, 1.807) is 24.0 Å². The summed E-state index contributed by atoms with van der Waals surface area (Å²) in [5.41, 5.74) is -0.00426. The molecule has 2 aromatic rings. The van der Waals surface area contributed by atoms with Gasteiger partial charge in [0, 0.05) is 71.3 Å². The first-order valence-electron chi connectivity index (χ1n) is 15.9. The highest BCUT2D eigenvalue weighted by Gasteiger charge is 2.61. The van der Waals surface area contributed by atoms with Crippen LogP contribution in [0, 0.1) is 11.3 Å². The molecule has 3 aliphatic heterocycles. The van der Waals surface area contributed by atoms with Crippen LogP contribution in [0.5, 0.6) is 0 Å². The van der Waals surface area contributed by atoms with E-state index in [0.29, 0.717) is 68.4 Å². The molecule has 0 spiro atoms. The van der Waals surface area contributed by atoms with Crippen molar-refractivity contribution in [3.8, 4) is 0 Å². The van der Waals surface area contributed by atoms with Gasteiger partial charge in [-0.3, -0.25) is 9.78 Å². The van der Waals surface area contributed by atoms with E-state index < -0.39 is 23.2 Å². The normalized spacial score (nSPS) is 27.2. The van der Waals surface area contributed by atoms with E-state index in [9.17, 15) is 22.8 Å². The summed E-state index contributed by atoms with van der Waals surface area (Å²) in [4.78, 5) is 37.6. The number of methoxy groups -OCH3 is 1. The number of ether oxygens (including phenoxy) is 3. The minimum Gasteiger partial charge on any atom is -0.445 e. The molecule has 1 N–H and O–H groups in total. The largest absolute Gasteiger partial charge is 0.445 e. The molecule has 0 bridgehead atoms. The van der Waals surface area contributed by atoms with Crippen molar-refractivity contribution in [3.05, 3.63) is 65.0 Å². The third-order valence-corrected chi connectivity index (χ3v) is 10.6. The van der Waals surface area contributed by atoms with Crippen molar-refractivity contribution in [3.63, 3.8) is 0 Å². The number of nitrogens with one attached hydrogen (secondary N) is 1. The van der Waals surface area contributed by atoms with Crippen molar-refractivity contribution >= 4 is 29.3 Å². The molecule has 2 saturated heterocycles. The maximum atomic E-state index is 14.7.